The first kappa shape index (κ1) is 14.9. The minimum atomic E-state index is -1.34. The summed E-state index contributed by atoms with van der Waals surface area (Å²) in [4.78, 5) is 21.8. The summed E-state index contributed by atoms with van der Waals surface area (Å²) in [5.41, 5.74) is 0. The average Bonchev–Trinajstić information content (AvgIpc) is 2.17. The van der Waals surface area contributed by atoms with Crippen LogP contribution in [0.3, 0.4) is 0 Å². The van der Waals surface area contributed by atoms with Crippen molar-refractivity contribution in [3.63, 3.8) is 0 Å². The summed E-state index contributed by atoms with van der Waals surface area (Å²) in [5, 5.41) is 17.2. The van der Waals surface area contributed by atoms with E-state index in [-0.39, 0.29) is 12.8 Å². The molecule has 7 nitrogen and oxygen atoms in total. The second-order valence-corrected chi connectivity index (χ2v) is 3.30. The van der Waals surface area contributed by atoms with Crippen LogP contribution in [0, 0.1) is 11.5 Å². The van der Waals surface area contributed by atoms with E-state index in [9.17, 15) is 18.7 Å². The van der Waals surface area contributed by atoms with Gasteiger partial charge in [-0.05, 0) is 0 Å². The quantitative estimate of drug-likeness (QED) is 0.562. The van der Waals surface area contributed by atoms with E-state index in [1.165, 1.54) is 0 Å². The van der Waals surface area contributed by atoms with Crippen LogP contribution in [0.2, 0.25) is 0 Å². The molecule has 9 heteroatoms. The molecule has 0 rings (SSSR count). The molecule has 16 heavy (non-hydrogen) atoms. The van der Waals surface area contributed by atoms with Gasteiger partial charge in [0.15, 0.2) is 0 Å². The standard InChI is InChI=1S/C7H7NO6P2/c9-6(10)2-1-5(7(11)12)8(3-15-13)4-16-14/h5H,1-2H2,(H,9,10)(H,11,12)/t5-/m0/s1. The Bertz CT molecular complexity index is 449. The zero-order valence-electron chi connectivity index (χ0n) is 7.86. The van der Waals surface area contributed by atoms with E-state index in [2.05, 4.69) is 0 Å². The first-order valence-corrected chi connectivity index (χ1v) is 5.55. The zero-order chi connectivity index (χ0) is 12.6. The molecule has 2 N–H and O–H groups in total. The normalized spacial score (nSPS) is 11.1. The molecule has 1 atom stereocenters. The molecule has 0 amide bonds. The molecule has 0 aromatic carbocycles. The number of carboxylic acids is 2. The molecule has 0 aliphatic rings. The summed E-state index contributed by atoms with van der Waals surface area (Å²) in [6, 6.07) is -1.31. The van der Waals surface area contributed by atoms with Crippen molar-refractivity contribution in [2.75, 3.05) is 0 Å². The number of hydrogen-bond donors (Lipinski definition) is 2. The van der Waals surface area contributed by atoms with Crippen molar-refractivity contribution in [2.45, 2.75) is 18.9 Å². The van der Waals surface area contributed by atoms with Crippen LogP contribution in [-0.2, 0) is 18.7 Å². The molecule has 0 aromatic heterocycles. The van der Waals surface area contributed by atoms with Crippen LogP contribution >= 0.6 is 15.8 Å². The average molecular weight is 263 g/mol. The molecule has 0 fully saturated rings. The Morgan fingerprint density at radius 2 is 1.69 bits per heavy atom. The second kappa shape index (κ2) is 8.12. The summed E-state index contributed by atoms with van der Waals surface area (Å²) in [6.45, 7) is 0. The number of carbonyl (C=O) groups is 2. The van der Waals surface area contributed by atoms with Crippen molar-refractivity contribution in [1.29, 1.82) is 0 Å². The van der Waals surface area contributed by atoms with Crippen LogP contribution in [0.4, 0.5) is 0 Å². The van der Waals surface area contributed by atoms with Crippen molar-refractivity contribution in [3.8, 4) is 11.5 Å². The molecule has 0 heterocycles. The van der Waals surface area contributed by atoms with Crippen LogP contribution in [-0.4, -0.2) is 33.1 Å². The van der Waals surface area contributed by atoms with E-state index >= 15 is 0 Å². The fourth-order valence-corrected chi connectivity index (χ4v) is 1.51. The topological polar surface area (TPSA) is 112 Å². The van der Waals surface area contributed by atoms with Crippen molar-refractivity contribution in [2.24, 2.45) is 0 Å². The first-order chi connectivity index (χ1) is 7.52. The summed E-state index contributed by atoms with van der Waals surface area (Å²) in [5.74, 6) is 1.59. The van der Waals surface area contributed by atoms with Crippen molar-refractivity contribution in [1.82, 2.24) is 4.90 Å². The Balaban J connectivity index is 4.94. The predicted molar refractivity (Wildman–Crippen MR) is 53.1 cm³/mol. The molecule has 0 unspecified atom stereocenters. The van der Waals surface area contributed by atoms with Crippen LogP contribution in [0.15, 0.2) is 0 Å². The van der Waals surface area contributed by atoms with E-state index in [0.717, 1.165) is 0 Å². The van der Waals surface area contributed by atoms with Gasteiger partial charge >= 0.3 is 92.0 Å². The van der Waals surface area contributed by atoms with Gasteiger partial charge in [-0.3, -0.25) is 0 Å². The first-order valence-electron chi connectivity index (χ1n) is 3.92. The Morgan fingerprint density at radius 1 is 1.19 bits per heavy atom. The maximum absolute atomic E-state index is 10.8. The van der Waals surface area contributed by atoms with Gasteiger partial charge in [0.2, 0.25) is 0 Å². The fourth-order valence-electron chi connectivity index (χ4n) is 0.873. The summed E-state index contributed by atoms with van der Waals surface area (Å²) in [6.07, 6.45) is -0.627. The van der Waals surface area contributed by atoms with Crippen LogP contribution in [0.25, 0.3) is 0 Å². The Hall–Kier alpha value is -1.08. The van der Waals surface area contributed by atoms with Crippen molar-refractivity contribution >= 4 is 27.8 Å². The molecular formula is C7H7NO6P2. The van der Waals surface area contributed by atoms with Crippen LogP contribution < -0.4 is 0 Å². The summed E-state index contributed by atoms with van der Waals surface area (Å²) in [7, 11) is -1.22. The van der Waals surface area contributed by atoms with Gasteiger partial charge in [-0.1, -0.05) is 0 Å². The van der Waals surface area contributed by atoms with Gasteiger partial charge in [-0.15, -0.1) is 0 Å². The minimum absolute atomic E-state index is 0.240. The van der Waals surface area contributed by atoms with Crippen LogP contribution in [0.5, 0.6) is 0 Å². The van der Waals surface area contributed by atoms with E-state index in [1.54, 1.807) is 0 Å². The summed E-state index contributed by atoms with van der Waals surface area (Å²) >= 11 is 0. The number of carboxylic acid groups (broad SMARTS) is 2. The SMILES string of the molecule is O=P#CN(C#P=O)[C@@H](CCC(=O)O)C(=O)O. The number of nitrogens with zero attached hydrogens (tertiary/aromatic N) is 1. The van der Waals surface area contributed by atoms with Gasteiger partial charge in [-0.2, -0.15) is 0 Å². The van der Waals surface area contributed by atoms with E-state index in [0.29, 0.717) is 4.90 Å². The molecule has 0 bridgehead atoms. The Labute approximate surface area is 92.7 Å². The van der Waals surface area contributed by atoms with Gasteiger partial charge in [0, 0.05) is 0 Å². The fraction of sp³-hybridized carbons (Fsp3) is 0.429. The van der Waals surface area contributed by atoms with Gasteiger partial charge in [-0.25, -0.2) is 0 Å². The molecule has 0 spiro atoms. The number of hydrogen-bond acceptors (Lipinski definition) is 5. The molecule has 0 aliphatic heterocycles. The third kappa shape index (κ3) is 5.72. The monoisotopic (exact) mass is 263 g/mol. The molecule has 86 valence electrons. The van der Waals surface area contributed by atoms with Gasteiger partial charge in [0.1, 0.15) is 0 Å². The molecule has 0 saturated heterocycles. The van der Waals surface area contributed by atoms with E-state index in [1.807, 2.05) is 11.5 Å². The molecule has 0 aromatic rings. The molecular weight excluding hydrogens is 256 g/mol. The molecule has 0 radical (unpaired) electrons. The summed E-state index contributed by atoms with van der Waals surface area (Å²) < 4.78 is 20.5. The maximum atomic E-state index is 10.8. The molecule has 0 aliphatic carbocycles. The number of rotatable bonds is 5. The second-order valence-electron chi connectivity index (χ2n) is 2.54. The van der Waals surface area contributed by atoms with Gasteiger partial charge < -0.3 is 0 Å². The third-order valence-electron chi connectivity index (χ3n) is 1.53. The van der Waals surface area contributed by atoms with E-state index in [4.69, 9.17) is 10.2 Å². The number of aliphatic carboxylic acids is 2. The van der Waals surface area contributed by atoms with Gasteiger partial charge in [0.05, 0.1) is 0 Å². The Kier molecular flexibility index (Phi) is 7.57. The third-order valence-corrected chi connectivity index (χ3v) is 2.12. The van der Waals surface area contributed by atoms with Crippen molar-refractivity contribution in [3.05, 3.63) is 0 Å². The Morgan fingerprint density at radius 3 is 2.00 bits per heavy atom. The molecule has 0 saturated carbocycles. The van der Waals surface area contributed by atoms with Crippen LogP contribution in [0.1, 0.15) is 12.8 Å². The predicted octanol–water partition coefficient (Wildman–Crippen LogP) is 1.02. The van der Waals surface area contributed by atoms with Gasteiger partial charge in [0.25, 0.3) is 0 Å². The zero-order valence-corrected chi connectivity index (χ0v) is 9.65. The van der Waals surface area contributed by atoms with E-state index < -0.39 is 33.8 Å². The van der Waals surface area contributed by atoms with Crippen molar-refractivity contribution < 1.29 is 28.9 Å².